The second-order valence-electron chi connectivity index (χ2n) is 6.20. The van der Waals surface area contributed by atoms with Crippen molar-refractivity contribution in [2.24, 2.45) is 5.84 Å². The molecular formula is C16H29N3S. The van der Waals surface area contributed by atoms with Gasteiger partial charge < -0.3 is 4.90 Å². The lowest BCUT2D eigenvalue weighted by Gasteiger charge is -2.48. The molecule has 0 aliphatic heterocycles. The second-order valence-corrected chi connectivity index (χ2v) is 7.46. The summed E-state index contributed by atoms with van der Waals surface area (Å²) in [6, 6.07) is 4.87. The van der Waals surface area contributed by atoms with Crippen LogP contribution in [0, 0.1) is 0 Å². The van der Waals surface area contributed by atoms with Gasteiger partial charge in [-0.15, -0.1) is 11.3 Å². The maximum atomic E-state index is 5.94. The summed E-state index contributed by atoms with van der Waals surface area (Å²) in [5, 5.41) is 0. The van der Waals surface area contributed by atoms with Gasteiger partial charge in [0, 0.05) is 27.8 Å². The van der Waals surface area contributed by atoms with Crippen LogP contribution in [-0.4, -0.2) is 30.6 Å². The number of hydrogen-bond donors (Lipinski definition) is 2. The summed E-state index contributed by atoms with van der Waals surface area (Å²) >= 11 is 1.94. The summed E-state index contributed by atoms with van der Waals surface area (Å²) in [6.45, 7) is 2.22. The van der Waals surface area contributed by atoms with Crippen molar-refractivity contribution in [3.8, 4) is 0 Å². The zero-order valence-corrected chi connectivity index (χ0v) is 13.9. The lowest BCUT2D eigenvalue weighted by Crippen LogP contribution is -2.62. The van der Waals surface area contributed by atoms with E-state index in [4.69, 9.17) is 5.84 Å². The molecule has 114 valence electrons. The third-order valence-corrected chi connectivity index (χ3v) is 6.18. The summed E-state index contributed by atoms with van der Waals surface area (Å²) in [4.78, 5) is 5.33. The van der Waals surface area contributed by atoms with Crippen molar-refractivity contribution in [3.05, 3.63) is 21.9 Å². The van der Waals surface area contributed by atoms with Crippen LogP contribution < -0.4 is 11.3 Å². The van der Waals surface area contributed by atoms with E-state index in [0.29, 0.717) is 6.04 Å². The molecule has 3 nitrogen and oxygen atoms in total. The van der Waals surface area contributed by atoms with E-state index in [1.165, 1.54) is 41.9 Å². The lowest BCUT2D eigenvalue weighted by molar-refractivity contribution is 0.0572. The molecule has 1 aromatic rings. The normalized spacial score (nSPS) is 20.2. The minimum absolute atomic E-state index is 0.212. The van der Waals surface area contributed by atoms with Crippen molar-refractivity contribution in [3.63, 3.8) is 0 Å². The van der Waals surface area contributed by atoms with E-state index in [2.05, 4.69) is 43.5 Å². The molecule has 0 aromatic carbocycles. The highest BCUT2D eigenvalue weighted by molar-refractivity contribution is 7.11. The molecule has 1 heterocycles. The number of nitrogens with one attached hydrogen (secondary N) is 1. The molecule has 20 heavy (non-hydrogen) atoms. The fourth-order valence-corrected chi connectivity index (χ4v) is 4.60. The number of likely N-dealkylation sites (N-methyl/N-ethyl adjacent to an activating group) is 1. The van der Waals surface area contributed by atoms with Gasteiger partial charge in [0.2, 0.25) is 0 Å². The minimum Gasteiger partial charge on any atom is -0.302 e. The Labute approximate surface area is 127 Å². The molecule has 1 atom stereocenters. The highest BCUT2D eigenvalue weighted by Gasteiger charge is 2.41. The second kappa shape index (κ2) is 7.03. The number of nitrogens with zero attached hydrogens (tertiary/aromatic N) is 1. The largest absolute Gasteiger partial charge is 0.302 e. The van der Waals surface area contributed by atoms with Gasteiger partial charge in [-0.1, -0.05) is 26.2 Å². The van der Waals surface area contributed by atoms with E-state index in [1.807, 2.05) is 11.3 Å². The van der Waals surface area contributed by atoms with Gasteiger partial charge in [0.1, 0.15) is 0 Å². The molecule has 0 radical (unpaired) electrons. The van der Waals surface area contributed by atoms with Crippen LogP contribution in [0.1, 0.15) is 48.8 Å². The molecule has 1 saturated carbocycles. The molecule has 2 rings (SSSR count). The first kappa shape index (κ1) is 16.0. The molecule has 0 saturated heterocycles. The number of nitrogens with two attached hydrogens (primary N) is 1. The van der Waals surface area contributed by atoms with Crippen LogP contribution in [0.15, 0.2) is 12.1 Å². The number of aryl methyl sites for hydroxylation is 1. The Morgan fingerprint density at radius 3 is 2.40 bits per heavy atom. The topological polar surface area (TPSA) is 41.3 Å². The average Bonchev–Trinajstić information content (AvgIpc) is 2.93. The van der Waals surface area contributed by atoms with Gasteiger partial charge >= 0.3 is 0 Å². The molecule has 3 N–H and O–H groups in total. The Kier molecular flexibility index (Phi) is 5.61. The minimum atomic E-state index is 0.212. The standard InChI is InChI=1S/C16H29N3S/c1-4-13-8-9-14(20-13)12-15(18-17)16(19(2)3)10-6-5-7-11-16/h8-9,15,18H,4-7,10-12,17H2,1-3H3. The van der Waals surface area contributed by atoms with Gasteiger partial charge in [0.15, 0.2) is 0 Å². The molecule has 1 aliphatic carbocycles. The van der Waals surface area contributed by atoms with Crippen molar-refractivity contribution in [1.29, 1.82) is 0 Å². The van der Waals surface area contributed by atoms with Gasteiger partial charge in [0.05, 0.1) is 0 Å². The van der Waals surface area contributed by atoms with Crippen LogP contribution in [0.2, 0.25) is 0 Å². The molecule has 0 bridgehead atoms. The number of thiophene rings is 1. The van der Waals surface area contributed by atoms with Crippen LogP contribution in [0.25, 0.3) is 0 Å². The van der Waals surface area contributed by atoms with E-state index in [9.17, 15) is 0 Å². The van der Waals surface area contributed by atoms with E-state index >= 15 is 0 Å². The number of rotatable bonds is 6. The smallest absolute Gasteiger partial charge is 0.0442 e. The van der Waals surface area contributed by atoms with Crippen molar-refractivity contribution in [1.82, 2.24) is 10.3 Å². The van der Waals surface area contributed by atoms with Crippen molar-refractivity contribution >= 4 is 11.3 Å². The summed E-state index contributed by atoms with van der Waals surface area (Å²) < 4.78 is 0. The van der Waals surface area contributed by atoms with E-state index in [-0.39, 0.29) is 5.54 Å². The Morgan fingerprint density at radius 1 is 1.25 bits per heavy atom. The van der Waals surface area contributed by atoms with Crippen molar-refractivity contribution in [2.45, 2.75) is 63.5 Å². The maximum absolute atomic E-state index is 5.94. The van der Waals surface area contributed by atoms with Gasteiger partial charge in [-0.05, 0) is 45.5 Å². The quantitative estimate of drug-likeness (QED) is 0.626. The highest BCUT2D eigenvalue weighted by Crippen LogP contribution is 2.36. The number of hydrazine groups is 1. The van der Waals surface area contributed by atoms with E-state index < -0.39 is 0 Å². The molecule has 0 spiro atoms. The molecule has 1 fully saturated rings. The maximum Gasteiger partial charge on any atom is 0.0442 e. The molecule has 1 unspecified atom stereocenters. The summed E-state index contributed by atoms with van der Waals surface area (Å²) in [5.41, 5.74) is 3.35. The Hall–Kier alpha value is -0.420. The van der Waals surface area contributed by atoms with Gasteiger partial charge in [-0.2, -0.15) is 0 Å². The van der Waals surface area contributed by atoms with Crippen LogP contribution in [0.4, 0.5) is 0 Å². The molecule has 1 aromatic heterocycles. The average molecular weight is 295 g/mol. The van der Waals surface area contributed by atoms with Crippen LogP contribution in [0.5, 0.6) is 0 Å². The number of hydrogen-bond acceptors (Lipinski definition) is 4. The first-order chi connectivity index (χ1) is 9.62. The fourth-order valence-electron chi connectivity index (χ4n) is 3.60. The Morgan fingerprint density at radius 2 is 1.90 bits per heavy atom. The summed E-state index contributed by atoms with van der Waals surface area (Å²) in [7, 11) is 4.42. The van der Waals surface area contributed by atoms with Crippen LogP contribution in [-0.2, 0) is 12.8 Å². The first-order valence-corrected chi connectivity index (χ1v) is 8.65. The summed E-state index contributed by atoms with van der Waals surface area (Å²) in [6.07, 6.45) is 8.68. The Bertz CT molecular complexity index is 408. The predicted octanol–water partition coefficient (Wildman–Crippen LogP) is 2.95. The van der Waals surface area contributed by atoms with E-state index in [0.717, 1.165) is 12.8 Å². The fraction of sp³-hybridized carbons (Fsp3) is 0.750. The highest BCUT2D eigenvalue weighted by atomic mass is 32.1. The monoisotopic (exact) mass is 295 g/mol. The van der Waals surface area contributed by atoms with Gasteiger partial charge in [0.25, 0.3) is 0 Å². The molecule has 0 amide bonds. The van der Waals surface area contributed by atoms with Crippen molar-refractivity contribution < 1.29 is 0 Å². The molecule has 4 heteroatoms. The van der Waals surface area contributed by atoms with Gasteiger partial charge in [-0.25, -0.2) is 0 Å². The Balaban J connectivity index is 2.15. The first-order valence-electron chi connectivity index (χ1n) is 7.83. The van der Waals surface area contributed by atoms with E-state index in [1.54, 1.807) is 0 Å². The van der Waals surface area contributed by atoms with Gasteiger partial charge in [-0.3, -0.25) is 11.3 Å². The van der Waals surface area contributed by atoms with Crippen LogP contribution in [0.3, 0.4) is 0 Å². The van der Waals surface area contributed by atoms with Crippen LogP contribution >= 0.6 is 11.3 Å². The zero-order valence-electron chi connectivity index (χ0n) is 13.1. The third-order valence-electron chi connectivity index (χ3n) is 4.93. The zero-order chi connectivity index (χ0) is 14.6. The molecular weight excluding hydrogens is 266 g/mol. The predicted molar refractivity (Wildman–Crippen MR) is 88.0 cm³/mol. The molecule has 1 aliphatic rings. The summed E-state index contributed by atoms with van der Waals surface area (Å²) in [5.74, 6) is 5.94. The SMILES string of the molecule is CCc1ccc(CC(NN)C2(N(C)C)CCCCC2)s1. The third kappa shape index (κ3) is 3.25. The van der Waals surface area contributed by atoms with Crippen molar-refractivity contribution in [2.75, 3.05) is 14.1 Å². The lowest BCUT2D eigenvalue weighted by atomic mass is 9.74.